The van der Waals surface area contributed by atoms with Crippen LogP contribution in [0.3, 0.4) is 0 Å². The highest BCUT2D eigenvalue weighted by molar-refractivity contribution is 4.81. The van der Waals surface area contributed by atoms with Gasteiger partial charge in [0.05, 0.1) is 0 Å². The van der Waals surface area contributed by atoms with Crippen molar-refractivity contribution in [1.82, 2.24) is 5.32 Å². The maximum Gasteiger partial charge on any atom is 0.00673 e. The zero-order chi connectivity index (χ0) is 8.32. The molecule has 0 bridgehead atoms. The van der Waals surface area contributed by atoms with Crippen molar-refractivity contribution < 1.29 is 0 Å². The van der Waals surface area contributed by atoms with Crippen molar-refractivity contribution >= 4 is 0 Å². The van der Waals surface area contributed by atoms with Crippen LogP contribution in [0, 0.1) is 5.41 Å². The van der Waals surface area contributed by atoms with E-state index >= 15 is 0 Å². The van der Waals surface area contributed by atoms with Crippen LogP contribution in [0.25, 0.3) is 0 Å². The molecule has 11 heavy (non-hydrogen) atoms. The third-order valence-corrected chi connectivity index (χ3v) is 2.83. The van der Waals surface area contributed by atoms with Crippen LogP contribution in [0.2, 0.25) is 0 Å². The zero-order valence-electron chi connectivity index (χ0n) is 8.11. The summed E-state index contributed by atoms with van der Waals surface area (Å²) < 4.78 is 0. The second-order valence-corrected chi connectivity index (χ2v) is 4.50. The summed E-state index contributed by atoms with van der Waals surface area (Å²) >= 11 is 0. The predicted molar refractivity (Wildman–Crippen MR) is 49.7 cm³/mol. The summed E-state index contributed by atoms with van der Waals surface area (Å²) in [5, 5.41) is 3.52. The summed E-state index contributed by atoms with van der Waals surface area (Å²) in [6, 6.07) is 0.813. The van der Waals surface area contributed by atoms with E-state index in [1.54, 1.807) is 0 Å². The first-order valence-electron chi connectivity index (χ1n) is 4.87. The molecule has 1 N–H and O–H groups in total. The van der Waals surface area contributed by atoms with E-state index in [0.717, 1.165) is 12.6 Å². The fourth-order valence-electron chi connectivity index (χ4n) is 1.89. The molecule has 1 rings (SSSR count). The Kier molecular flexibility index (Phi) is 2.94. The van der Waals surface area contributed by atoms with Gasteiger partial charge in [-0.15, -0.1) is 0 Å². The lowest BCUT2D eigenvalue weighted by molar-refractivity contribution is 0.208. The van der Waals surface area contributed by atoms with E-state index in [4.69, 9.17) is 0 Å². The molecular weight excluding hydrogens is 134 g/mol. The van der Waals surface area contributed by atoms with Gasteiger partial charge in [0.1, 0.15) is 0 Å². The molecule has 0 heterocycles. The van der Waals surface area contributed by atoms with E-state index in [1.807, 2.05) is 0 Å². The quantitative estimate of drug-likeness (QED) is 0.646. The van der Waals surface area contributed by atoms with Gasteiger partial charge in [0.2, 0.25) is 0 Å². The fraction of sp³-hybridized carbons (Fsp3) is 1.00. The Morgan fingerprint density at radius 2 is 1.82 bits per heavy atom. The highest BCUT2D eigenvalue weighted by atomic mass is 14.9. The molecule has 1 fully saturated rings. The maximum atomic E-state index is 3.52. The average molecular weight is 155 g/mol. The monoisotopic (exact) mass is 155 g/mol. The maximum absolute atomic E-state index is 3.52. The SMILES string of the molecule is CCNC1CCC(C)(C)CC1. The first-order chi connectivity index (χ1) is 5.14. The largest absolute Gasteiger partial charge is 0.314 e. The Bertz CT molecular complexity index is 108. The van der Waals surface area contributed by atoms with Crippen LogP contribution in [-0.2, 0) is 0 Å². The first-order valence-corrected chi connectivity index (χ1v) is 4.87. The van der Waals surface area contributed by atoms with E-state index in [2.05, 4.69) is 26.1 Å². The van der Waals surface area contributed by atoms with E-state index in [1.165, 1.54) is 25.7 Å². The van der Waals surface area contributed by atoms with Crippen LogP contribution in [0.1, 0.15) is 46.5 Å². The minimum Gasteiger partial charge on any atom is -0.314 e. The highest BCUT2D eigenvalue weighted by Crippen LogP contribution is 2.34. The molecule has 1 aliphatic rings. The Hall–Kier alpha value is -0.0400. The standard InChI is InChI=1S/C10H21N/c1-4-11-9-5-7-10(2,3)8-6-9/h9,11H,4-8H2,1-3H3. The van der Waals surface area contributed by atoms with Crippen LogP contribution < -0.4 is 5.32 Å². The van der Waals surface area contributed by atoms with Crippen LogP contribution >= 0.6 is 0 Å². The van der Waals surface area contributed by atoms with Crippen LogP contribution in [0.5, 0.6) is 0 Å². The number of rotatable bonds is 2. The third kappa shape index (κ3) is 2.82. The van der Waals surface area contributed by atoms with Gasteiger partial charge in [0, 0.05) is 6.04 Å². The van der Waals surface area contributed by atoms with Crippen LogP contribution in [0.15, 0.2) is 0 Å². The van der Waals surface area contributed by atoms with E-state index < -0.39 is 0 Å². The van der Waals surface area contributed by atoms with Gasteiger partial charge in [0.25, 0.3) is 0 Å². The molecule has 1 saturated carbocycles. The summed E-state index contributed by atoms with van der Waals surface area (Å²) in [6.07, 6.45) is 5.54. The summed E-state index contributed by atoms with van der Waals surface area (Å²) in [5.74, 6) is 0. The number of nitrogens with one attached hydrogen (secondary N) is 1. The van der Waals surface area contributed by atoms with Gasteiger partial charge < -0.3 is 5.32 Å². The van der Waals surface area contributed by atoms with Crippen molar-refractivity contribution in [1.29, 1.82) is 0 Å². The van der Waals surface area contributed by atoms with Gasteiger partial charge in [-0.05, 0) is 37.6 Å². The van der Waals surface area contributed by atoms with Gasteiger partial charge in [-0.25, -0.2) is 0 Å². The number of hydrogen-bond acceptors (Lipinski definition) is 1. The van der Waals surface area contributed by atoms with E-state index in [-0.39, 0.29) is 0 Å². The molecule has 0 unspecified atom stereocenters. The Morgan fingerprint density at radius 1 is 1.27 bits per heavy atom. The van der Waals surface area contributed by atoms with Crippen molar-refractivity contribution in [2.75, 3.05) is 6.54 Å². The van der Waals surface area contributed by atoms with Gasteiger partial charge in [0.15, 0.2) is 0 Å². The summed E-state index contributed by atoms with van der Waals surface area (Å²) in [5.41, 5.74) is 0.617. The van der Waals surface area contributed by atoms with Gasteiger partial charge in [-0.3, -0.25) is 0 Å². The molecule has 1 nitrogen and oxygen atoms in total. The molecule has 1 aliphatic carbocycles. The lowest BCUT2D eigenvalue weighted by atomic mass is 9.75. The molecule has 0 aromatic rings. The Morgan fingerprint density at radius 3 is 2.27 bits per heavy atom. The predicted octanol–water partition coefficient (Wildman–Crippen LogP) is 2.56. The molecule has 0 radical (unpaired) electrons. The van der Waals surface area contributed by atoms with E-state index in [0.29, 0.717) is 5.41 Å². The molecule has 0 amide bonds. The minimum absolute atomic E-state index is 0.617. The van der Waals surface area contributed by atoms with Crippen molar-refractivity contribution in [2.24, 2.45) is 5.41 Å². The topological polar surface area (TPSA) is 12.0 Å². The summed E-state index contributed by atoms with van der Waals surface area (Å²) in [6.45, 7) is 8.09. The second kappa shape index (κ2) is 3.57. The zero-order valence-corrected chi connectivity index (χ0v) is 8.11. The summed E-state index contributed by atoms with van der Waals surface area (Å²) in [7, 11) is 0. The van der Waals surface area contributed by atoms with Crippen molar-refractivity contribution in [3.05, 3.63) is 0 Å². The lowest BCUT2D eigenvalue weighted by Gasteiger charge is -2.34. The molecule has 0 aromatic heterocycles. The molecule has 0 aromatic carbocycles. The first kappa shape index (κ1) is 9.05. The van der Waals surface area contributed by atoms with Gasteiger partial charge in [-0.2, -0.15) is 0 Å². The van der Waals surface area contributed by atoms with Gasteiger partial charge in [-0.1, -0.05) is 20.8 Å². The second-order valence-electron chi connectivity index (χ2n) is 4.50. The molecular formula is C10H21N. The van der Waals surface area contributed by atoms with E-state index in [9.17, 15) is 0 Å². The highest BCUT2D eigenvalue weighted by Gasteiger charge is 2.25. The normalized spacial score (nSPS) is 25.4. The third-order valence-electron chi connectivity index (χ3n) is 2.83. The summed E-state index contributed by atoms with van der Waals surface area (Å²) in [4.78, 5) is 0. The smallest absolute Gasteiger partial charge is 0.00673 e. The van der Waals surface area contributed by atoms with Crippen molar-refractivity contribution in [3.8, 4) is 0 Å². The number of hydrogen-bond donors (Lipinski definition) is 1. The van der Waals surface area contributed by atoms with Gasteiger partial charge >= 0.3 is 0 Å². The molecule has 0 spiro atoms. The van der Waals surface area contributed by atoms with Crippen molar-refractivity contribution in [2.45, 2.75) is 52.5 Å². The Labute approximate surface area is 70.6 Å². The fourth-order valence-corrected chi connectivity index (χ4v) is 1.89. The molecule has 1 heteroatoms. The minimum atomic E-state index is 0.617. The molecule has 0 aliphatic heterocycles. The lowest BCUT2D eigenvalue weighted by Crippen LogP contribution is -2.35. The molecule has 0 saturated heterocycles. The van der Waals surface area contributed by atoms with Crippen molar-refractivity contribution in [3.63, 3.8) is 0 Å². The van der Waals surface area contributed by atoms with Crippen LogP contribution in [-0.4, -0.2) is 12.6 Å². The molecule has 0 atom stereocenters. The van der Waals surface area contributed by atoms with Crippen LogP contribution in [0.4, 0.5) is 0 Å². The molecule has 66 valence electrons. The average Bonchev–Trinajstić information content (AvgIpc) is 1.94. The Balaban J connectivity index is 2.25.